The lowest BCUT2D eigenvalue weighted by Crippen LogP contribution is -2.11. The third-order valence-corrected chi connectivity index (χ3v) is 3.05. The van der Waals surface area contributed by atoms with Crippen LogP contribution < -0.4 is 0 Å². The lowest BCUT2D eigenvalue weighted by molar-refractivity contribution is -0.140. The van der Waals surface area contributed by atoms with Crippen LogP contribution in [0, 0.1) is 17.8 Å². The van der Waals surface area contributed by atoms with Gasteiger partial charge < -0.3 is 5.11 Å². The fourth-order valence-electron chi connectivity index (χ4n) is 1.02. The highest BCUT2D eigenvalue weighted by Crippen LogP contribution is 2.07. The van der Waals surface area contributed by atoms with E-state index in [4.69, 9.17) is 5.11 Å². The van der Waals surface area contributed by atoms with Crippen LogP contribution in [0.4, 0.5) is 0 Å². The highest BCUT2D eigenvalue weighted by Gasteiger charge is 2.09. The summed E-state index contributed by atoms with van der Waals surface area (Å²) in [5.41, 5.74) is 0.995. The average Bonchev–Trinajstić information content (AvgIpc) is 2.29. The fraction of sp³-hybridized carbons (Fsp3) is 0.308. The third-order valence-electron chi connectivity index (χ3n) is 1.97. The molecule has 0 heterocycles. The van der Waals surface area contributed by atoms with Crippen molar-refractivity contribution in [3.8, 4) is 11.8 Å². The number of carboxylic acids is 1. The first-order valence-corrected chi connectivity index (χ1v) is 6.20. The molecule has 0 spiro atoms. The zero-order chi connectivity index (χ0) is 11.8. The van der Waals surface area contributed by atoms with Gasteiger partial charge in [-0.15, -0.1) is 11.8 Å². The maximum Gasteiger partial charge on any atom is 0.307 e. The zero-order valence-electron chi connectivity index (χ0n) is 9.14. The molecule has 1 atom stereocenters. The van der Waals surface area contributed by atoms with Crippen LogP contribution in [0.1, 0.15) is 12.5 Å². The minimum Gasteiger partial charge on any atom is -0.481 e. The van der Waals surface area contributed by atoms with Gasteiger partial charge in [0.05, 0.1) is 11.7 Å². The van der Waals surface area contributed by atoms with Crippen molar-refractivity contribution < 1.29 is 9.90 Å². The third kappa shape index (κ3) is 4.90. The number of benzene rings is 1. The van der Waals surface area contributed by atoms with Crippen LogP contribution in [0.2, 0.25) is 0 Å². The number of rotatable bonds is 4. The molecule has 0 fully saturated rings. The van der Waals surface area contributed by atoms with E-state index in [9.17, 15) is 4.79 Å². The minimum absolute atomic E-state index is 0.302. The lowest BCUT2D eigenvalue weighted by atomic mass is 10.2. The first-order chi connectivity index (χ1) is 7.70. The molecular formula is C13H14O2S. The van der Waals surface area contributed by atoms with Gasteiger partial charge in [-0.3, -0.25) is 4.79 Å². The summed E-state index contributed by atoms with van der Waals surface area (Å²) in [6, 6.07) is 9.76. The van der Waals surface area contributed by atoms with Gasteiger partial charge in [0.25, 0.3) is 0 Å². The predicted molar refractivity (Wildman–Crippen MR) is 67.4 cm³/mol. The monoisotopic (exact) mass is 234 g/mol. The second kappa shape index (κ2) is 6.97. The molecule has 16 heavy (non-hydrogen) atoms. The van der Waals surface area contributed by atoms with Crippen LogP contribution in [0.15, 0.2) is 30.3 Å². The van der Waals surface area contributed by atoms with Crippen LogP contribution in [0.5, 0.6) is 0 Å². The highest BCUT2D eigenvalue weighted by atomic mass is 32.2. The Hall–Kier alpha value is -1.40. The summed E-state index contributed by atoms with van der Waals surface area (Å²) in [4.78, 5) is 10.5. The Labute approximate surface area is 100 Å². The molecule has 0 bridgehead atoms. The Morgan fingerprint density at radius 3 is 2.75 bits per heavy atom. The second-order valence-corrected chi connectivity index (χ2v) is 4.45. The van der Waals surface area contributed by atoms with Gasteiger partial charge in [0.15, 0.2) is 0 Å². The Morgan fingerprint density at radius 1 is 1.44 bits per heavy atom. The van der Waals surface area contributed by atoms with Crippen LogP contribution in [-0.2, 0) is 4.79 Å². The Kier molecular flexibility index (Phi) is 5.52. The molecule has 84 valence electrons. The molecule has 0 saturated heterocycles. The second-order valence-electron chi connectivity index (χ2n) is 3.42. The number of hydrogen-bond donors (Lipinski definition) is 1. The summed E-state index contributed by atoms with van der Waals surface area (Å²) in [6.45, 7) is 1.71. The quantitative estimate of drug-likeness (QED) is 0.642. The number of carbonyl (C=O) groups is 1. The van der Waals surface area contributed by atoms with Crippen molar-refractivity contribution in [2.45, 2.75) is 6.92 Å². The first-order valence-electron chi connectivity index (χ1n) is 5.04. The molecule has 3 heteroatoms. The first kappa shape index (κ1) is 12.7. The van der Waals surface area contributed by atoms with Gasteiger partial charge >= 0.3 is 5.97 Å². The van der Waals surface area contributed by atoms with E-state index in [0.29, 0.717) is 11.5 Å². The SMILES string of the molecule is CC(CSCC#Cc1ccccc1)C(=O)O. The Morgan fingerprint density at radius 2 is 2.12 bits per heavy atom. The Bertz CT molecular complexity index is 389. The number of aliphatic carboxylic acids is 1. The fourth-order valence-corrected chi connectivity index (χ4v) is 1.81. The van der Waals surface area contributed by atoms with Crippen molar-refractivity contribution in [2.75, 3.05) is 11.5 Å². The summed E-state index contributed by atoms with van der Waals surface area (Å²) in [5, 5.41) is 8.67. The molecule has 0 aliphatic heterocycles. The van der Waals surface area contributed by atoms with Gasteiger partial charge in [0, 0.05) is 11.3 Å². The van der Waals surface area contributed by atoms with Crippen molar-refractivity contribution in [2.24, 2.45) is 5.92 Å². The summed E-state index contributed by atoms with van der Waals surface area (Å²) >= 11 is 1.55. The van der Waals surface area contributed by atoms with Gasteiger partial charge in [0.1, 0.15) is 0 Å². The van der Waals surface area contributed by atoms with E-state index in [-0.39, 0.29) is 5.92 Å². The lowest BCUT2D eigenvalue weighted by Gasteiger charge is -2.02. The summed E-state index contributed by atoms with van der Waals surface area (Å²) in [6.07, 6.45) is 0. The van der Waals surface area contributed by atoms with E-state index in [0.717, 1.165) is 5.56 Å². The van der Waals surface area contributed by atoms with Crippen molar-refractivity contribution in [1.29, 1.82) is 0 Å². The molecule has 0 radical (unpaired) electrons. The molecule has 0 aliphatic rings. The Balaban J connectivity index is 2.26. The zero-order valence-corrected chi connectivity index (χ0v) is 9.96. The van der Waals surface area contributed by atoms with Crippen molar-refractivity contribution in [1.82, 2.24) is 0 Å². The molecule has 1 aromatic carbocycles. The van der Waals surface area contributed by atoms with Gasteiger partial charge in [0.2, 0.25) is 0 Å². The van der Waals surface area contributed by atoms with Gasteiger partial charge in [-0.05, 0) is 12.1 Å². The molecule has 1 rings (SSSR count). The van der Waals surface area contributed by atoms with E-state index in [2.05, 4.69) is 11.8 Å². The summed E-state index contributed by atoms with van der Waals surface area (Å²) in [5.74, 6) is 6.28. The van der Waals surface area contributed by atoms with Gasteiger partial charge in [-0.1, -0.05) is 37.0 Å². The number of hydrogen-bond acceptors (Lipinski definition) is 2. The maximum absolute atomic E-state index is 10.5. The summed E-state index contributed by atoms with van der Waals surface area (Å²) in [7, 11) is 0. The van der Waals surface area contributed by atoms with Gasteiger partial charge in [-0.25, -0.2) is 0 Å². The predicted octanol–water partition coefficient (Wildman–Crippen LogP) is 2.49. The molecule has 2 nitrogen and oxygen atoms in total. The van der Waals surface area contributed by atoms with Crippen LogP contribution in [-0.4, -0.2) is 22.6 Å². The molecule has 0 amide bonds. The smallest absolute Gasteiger partial charge is 0.307 e. The number of carboxylic acid groups (broad SMARTS) is 1. The molecule has 0 saturated carbocycles. The standard InChI is InChI=1S/C13H14O2S/c1-11(13(14)15)10-16-9-5-8-12-6-3-2-4-7-12/h2-4,6-7,11H,9-10H2,1H3,(H,14,15). The van der Waals surface area contributed by atoms with Crippen LogP contribution in [0.25, 0.3) is 0 Å². The molecule has 0 aliphatic carbocycles. The number of thioether (sulfide) groups is 1. The maximum atomic E-state index is 10.5. The minimum atomic E-state index is -0.747. The van der Waals surface area contributed by atoms with Crippen LogP contribution >= 0.6 is 11.8 Å². The van der Waals surface area contributed by atoms with Crippen molar-refractivity contribution in [3.05, 3.63) is 35.9 Å². The normalized spacial score (nSPS) is 11.3. The topological polar surface area (TPSA) is 37.3 Å². The van der Waals surface area contributed by atoms with E-state index in [1.807, 2.05) is 30.3 Å². The van der Waals surface area contributed by atoms with Crippen molar-refractivity contribution in [3.63, 3.8) is 0 Å². The molecular weight excluding hydrogens is 220 g/mol. The molecule has 1 aromatic rings. The molecule has 1 N–H and O–H groups in total. The van der Waals surface area contributed by atoms with E-state index in [1.54, 1.807) is 18.7 Å². The van der Waals surface area contributed by atoms with Gasteiger partial charge in [-0.2, -0.15) is 0 Å². The van der Waals surface area contributed by atoms with Crippen LogP contribution in [0.3, 0.4) is 0 Å². The largest absolute Gasteiger partial charge is 0.481 e. The highest BCUT2D eigenvalue weighted by molar-refractivity contribution is 7.99. The molecule has 1 unspecified atom stereocenters. The van der Waals surface area contributed by atoms with E-state index < -0.39 is 5.97 Å². The average molecular weight is 234 g/mol. The molecule has 0 aromatic heterocycles. The van der Waals surface area contributed by atoms with Crippen molar-refractivity contribution >= 4 is 17.7 Å². The van der Waals surface area contributed by atoms with E-state index >= 15 is 0 Å². The summed E-state index contributed by atoms with van der Waals surface area (Å²) < 4.78 is 0. The van der Waals surface area contributed by atoms with E-state index in [1.165, 1.54) is 0 Å².